The standard InChI is InChI=1S/C13H23N3O3/c1-3-4-16(5-10-9(2)14-8-15-10)11-6-19-7-12(17)13(11)18/h8,11-13,17-18H,3-7H2,1-2H3,(H,14,15)/t11-,12-,13+/m1/s1. The molecule has 3 N–H and O–H groups in total. The molecule has 2 rings (SSSR count). The molecule has 6 nitrogen and oxygen atoms in total. The third kappa shape index (κ3) is 3.33. The van der Waals surface area contributed by atoms with Crippen LogP contribution in [0.5, 0.6) is 0 Å². The molecule has 0 spiro atoms. The Kier molecular flexibility index (Phi) is 4.93. The van der Waals surface area contributed by atoms with Crippen LogP contribution in [0.2, 0.25) is 0 Å². The molecule has 0 unspecified atom stereocenters. The number of H-pyrrole nitrogens is 1. The number of aliphatic hydroxyl groups excluding tert-OH is 2. The molecule has 0 bridgehead atoms. The fourth-order valence-electron chi connectivity index (χ4n) is 2.47. The number of aromatic nitrogens is 2. The summed E-state index contributed by atoms with van der Waals surface area (Å²) in [6.07, 6.45) is 1.08. The highest BCUT2D eigenvalue weighted by atomic mass is 16.5. The van der Waals surface area contributed by atoms with E-state index in [0.29, 0.717) is 13.2 Å². The second-order valence-corrected chi connectivity index (χ2v) is 5.11. The SMILES string of the molecule is CCCN(Cc1nc[nH]c1C)[C@@H]1COC[C@@H](O)[C@H]1O. The van der Waals surface area contributed by atoms with E-state index >= 15 is 0 Å². The number of hydrogen-bond donors (Lipinski definition) is 3. The van der Waals surface area contributed by atoms with E-state index in [9.17, 15) is 10.2 Å². The average Bonchev–Trinajstić information content (AvgIpc) is 2.78. The van der Waals surface area contributed by atoms with Crippen LogP contribution in [0.3, 0.4) is 0 Å². The van der Waals surface area contributed by atoms with Crippen molar-refractivity contribution in [2.75, 3.05) is 19.8 Å². The number of rotatable bonds is 5. The fraction of sp³-hybridized carbons (Fsp3) is 0.769. The first-order valence-corrected chi connectivity index (χ1v) is 6.80. The molecule has 1 aromatic rings. The summed E-state index contributed by atoms with van der Waals surface area (Å²) in [4.78, 5) is 9.49. The van der Waals surface area contributed by atoms with Gasteiger partial charge in [-0.15, -0.1) is 0 Å². The lowest BCUT2D eigenvalue weighted by molar-refractivity contribution is -0.134. The van der Waals surface area contributed by atoms with Crippen molar-refractivity contribution < 1.29 is 14.9 Å². The predicted molar refractivity (Wildman–Crippen MR) is 70.6 cm³/mol. The molecule has 1 fully saturated rings. The minimum atomic E-state index is -0.807. The molecule has 108 valence electrons. The summed E-state index contributed by atoms with van der Waals surface area (Å²) in [5.74, 6) is 0. The molecule has 1 aliphatic heterocycles. The van der Waals surface area contributed by atoms with Crippen LogP contribution in [-0.2, 0) is 11.3 Å². The van der Waals surface area contributed by atoms with Crippen molar-refractivity contribution in [3.63, 3.8) is 0 Å². The Balaban J connectivity index is 2.08. The Morgan fingerprint density at radius 3 is 2.89 bits per heavy atom. The number of hydrogen-bond acceptors (Lipinski definition) is 5. The van der Waals surface area contributed by atoms with Gasteiger partial charge in [0.25, 0.3) is 0 Å². The largest absolute Gasteiger partial charge is 0.389 e. The monoisotopic (exact) mass is 269 g/mol. The van der Waals surface area contributed by atoms with Crippen molar-refractivity contribution in [3.8, 4) is 0 Å². The predicted octanol–water partition coefficient (Wildman–Crippen LogP) is 0.0507. The highest BCUT2D eigenvalue weighted by molar-refractivity contribution is 5.09. The normalized spacial score (nSPS) is 27.9. The van der Waals surface area contributed by atoms with Gasteiger partial charge in [-0.2, -0.15) is 0 Å². The number of aliphatic hydroxyl groups is 2. The summed E-state index contributed by atoms with van der Waals surface area (Å²) in [6, 6.07) is -0.181. The first-order valence-electron chi connectivity index (χ1n) is 6.80. The van der Waals surface area contributed by atoms with Gasteiger partial charge in [0.2, 0.25) is 0 Å². The van der Waals surface area contributed by atoms with E-state index in [-0.39, 0.29) is 12.6 Å². The van der Waals surface area contributed by atoms with Crippen LogP contribution in [0.15, 0.2) is 6.33 Å². The van der Waals surface area contributed by atoms with Crippen molar-refractivity contribution in [3.05, 3.63) is 17.7 Å². The zero-order chi connectivity index (χ0) is 13.8. The molecule has 0 aromatic carbocycles. The molecule has 0 saturated carbocycles. The molecule has 6 heteroatoms. The van der Waals surface area contributed by atoms with E-state index in [1.165, 1.54) is 0 Å². The molecule has 2 heterocycles. The molecule has 19 heavy (non-hydrogen) atoms. The molecule has 1 saturated heterocycles. The molecule has 1 aromatic heterocycles. The lowest BCUT2D eigenvalue weighted by Gasteiger charge is -2.39. The van der Waals surface area contributed by atoms with E-state index in [1.807, 2.05) is 6.92 Å². The van der Waals surface area contributed by atoms with Gasteiger partial charge in [0.15, 0.2) is 0 Å². The van der Waals surface area contributed by atoms with Crippen LogP contribution < -0.4 is 0 Å². The molecule has 0 aliphatic carbocycles. The third-order valence-corrected chi connectivity index (χ3v) is 3.63. The molecule has 0 radical (unpaired) electrons. The Bertz CT molecular complexity index is 396. The highest BCUT2D eigenvalue weighted by Crippen LogP contribution is 2.18. The summed E-state index contributed by atoms with van der Waals surface area (Å²) < 4.78 is 5.36. The molecular weight excluding hydrogens is 246 g/mol. The van der Waals surface area contributed by atoms with Gasteiger partial charge < -0.3 is 19.9 Å². The Morgan fingerprint density at radius 1 is 1.47 bits per heavy atom. The van der Waals surface area contributed by atoms with Gasteiger partial charge in [-0.05, 0) is 19.9 Å². The second kappa shape index (κ2) is 6.47. The smallest absolute Gasteiger partial charge is 0.105 e. The van der Waals surface area contributed by atoms with Gasteiger partial charge in [-0.1, -0.05) is 6.92 Å². The van der Waals surface area contributed by atoms with Crippen LogP contribution in [-0.4, -0.2) is 63.1 Å². The van der Waals surface area contributed by atoms with Crippen molar-refractivity contribution in [1.82, 2.24) is 14.9 Å². The molecular formula is C13H23N3O3. The van der Waals surface area contributed by atoms with E-state index in [1.54, 1.807) is 6.33 Å². The zero-order valence-electron chi connectivity index (χ0n) is 11.5. The van der Waals surface area contributed by atoms with E-state index in [0.717, 1.165) is 24.4 Å². The minimum absolute atomic E-state index is 0.181. The van der Waals surface area contributed by atoms with Crippen LogP contribution in [0, 0.1) is 6.92 Å². The first-order chi connectivity index (χ1) is 9.13. The van der Waals surface area contributed by atoms with Crippen molar-refractivity contribution in [2.24, 2.45) is 0 Å². The van der Waals surface area contributed by atoms with Gasteiger partial charge in [0.1, 0.15) is 6.10 Å². The number of imidazole rings is 1. The van der Waals surface area contributed by atoms with Gasteiger partial charge in [0, 0.05) is 12.2 Å². The van der Waals surface area contributed by atoms with Gasteiger partial charge in [-0.3, -0.25) is 4.90 Å². The van der Waals surface area contributed by atoms with Crippen molar-refractivity contribution >= 4 is 0 Å². The van der Waals surface area contributed by atoms with E-state index in [2.05, 4.69) is 21.8 Å². The second-order valence-electron chi connectivity index (χ2n) is 5.11. The lowest BCUT2D eigenvalue weighted by atomic mass is 10.0. The summed E-state index contributed by atoms with van der Waals surface area (Å²) >= 11 is 0. The highest BCUT2D eigenvalue weighted by Gasteiger charge is 2.35. The van der Waals surface area contributed by atoms with E-state index in [4.69, 9.17) is 4.74 Å². The Hall–Kier alpha value is -0.950. The van der Waals surface area contributed by atoms with Crippen LogP contribution in [0.1, 0.15) is 24.7 Å². The number of nitrogens with one attached hydrogen (secondary N) is 1. The molecule has 0 amide bonds. The minimum Gasteiger partial charge on any atom is -0.389 e. The maximum Gasteiger partial charge on any atom is 0.105 e. The summed E-state index contributed by atoms with van der Waals surface area (Å²) in [5, 5.41) is 19.9. The van der Waals surface area contributed by atoms with Crippen molar-refractivity contribution in [2.45, 2.75) is 45.1 Å². The fourth-order valence-corrected chi connectivity index (χ4v) is 2.47. The van der Waals surface area contributed by atoms with Crippen LogP contribution >= 0.6 is 0 Å². The molecule has 1 aliphatic rings. The van der Waals surface area contributed by atoms with Gasteiger partial charge in [0.05, 0.1) is 37.4 Å². The van der Waals surface area contributed by atoms with Crippen LogP contribution in [0.25, 0.3) is 0 Å². The van der Waals surface area contributed by atoms with Gasteiger partial charge in [-0.25, -0.2) is 4.98 Å². The first kappa shape index (κ1) is 14.5. The van der Waals surface area contributed by atoms with Gasteiger partial charge >= 0.3 is 0 Å². The number of aromatic amines is 1. The summed E-state index contributed by atoms with van der Waals surface area (Å²) in [5.41, 5.74) is 2.01. The van der Waals surface area contributed by atoms with E-state index < -0.39 is 12.2 Å². The quantitative estimate of drug-likeness (QED) is 0.704. The molecule has 3 atom stereocenters. The third-order valence-electron chi connectivity index (χ3n) is 3.63. The summed E-state index contributed by atoms with van der Waals surface area (Å²) in [6.45, 7) is 6.22. The topological polar surface area (TPSA) is 81.6 Å². The number of aryl methyl sites for hydroxylation is 1. The average molecular weight is 269 g/mol. The number of ether oxygens (including phenoxy) is 1. The zero-order valence-corrected chi connectivity index (χ0v) is 11.5. The maximum atomic E-state index is 10.1. The summed E-state index contributed by atoms with van der Waals surface area (Å²) in [7, 11) is 0. The Morgan fingerprint density at radius 2 is 2.26 bits per heavy atom. The maximum absolute atomic E-state index is 10.1. The van der Waals surface area contributed by atoms with Crippen LogP contribution in [0.4, 0.5) is 0 Å². The van der Waals surface area contributed by atoms with Crippen molar-refractivity contribution in [1.29, 1.82) is 0 Å². The lowest BCUT2D eigenvalue weighted by Crippen LogP contribution is -2.55. The number of nitrogens with zero attached hydrogens (tertiary/aromatic N) is 2. The Labute approximate surface area is 113 Å².